The van der Waals surface area contributed by atoms with Crippen LogP contribution in [0.15, 0.2) is 29.1 Å². The van der Waals surface area contributed by atoms with Crippen LogP contribution >= 0.6 is 0 Å². The van der Waals surface area contributed by atoms with Gasteiger partial charge in [0.05, 0.1) is 30.1 Å². The van der Waals surface area contributed by atoms with Gasteiger partial charge in [0.2, 0.25) is 0 Å². The highest BCUT2D eigenvalue weighted by Crippen LogP contribution is 2.39. The predicted molar refractivity (Wildman–Crippen MR) is 164 cm³/mol. The highest BCUT2D eigenvalue weighted by atomic mass is 16.6. The topological polar surface area (TPSA) is 145 Å². The normalized spacial score (nSPS) is 18.6. The summed E-state index contributed by atoms with van der Waals surface area (Å²) in [6.07, 6.45) is 5.77. The van der Waals surface area contributed by atoms with Crippen LogP contribution in [0.4, 0.5) is 4.79 Å². The molecule has 0 bridgehead atoms. The number of aliphatic hydroxyl groups is 2. The number of fused-ring (bicyclic) bond motifs is 4. The SMILES string of the molecule is CCc1c2c(nc3ccc(OC(=O)N4CCC(N5CCCCC5)CC4)cc13)-c1cc([C@@](O)(CC)C(=O)O)c(CO)c(=O)n1C2. The molecule has 0 spiro atoms. The molecule has 0 unspecified atom stereocenters. The van der Waals surface area contributed by atoms with E-state index in [0.29, 0.717) is 48.2 Å². The minimum atomic E-state index is -2.33. The lowest BCUT2D eigenvalue weighted by atomic mass is 9.87. The summed E-state index contributed by atoms with van der Waals surface area (Å²) >= 11 is 0. The van der Waals surface area contributed by atoms with Crippen molar-refractivity contribution in [2.24, 2.45) is 0 Å². The van der Waals surface area contributed by atoms with E-state index in [-0.39, 0.29) is 30.2 Å². The first-order valence-corrected chi connectivity index (χ1v) is 15.7. The molecule has 44 heavy (non-hydrogen) atoms. The Balaban J connectivity index is 1.29. The number of hydrogen-bond donors (Lipinski definition) is 3. The zero-order chi connectivity index (χ0) is 31.2. The van der Waals surface area contributed by atoms with Crippen molar-refractivity contribution in [1.29, 1.82) is 0 Å². The second-order valence-corrected chi connectivity index (χ2v) is 12.1. The van der Waals surface area contributed by atoms with Crippen molar-refractivity contribution in [1.82, 2.24) is 19.4 Å². The Kier molecular flexibility index (Phi) is 8.21. The van der Waals surface area contributed by atoms with Crippen molar-refractivity contribution in [3.8, 4) is 17.1 Å². The molecule has 2 saturated heterocycles. The maximum atomic E-state index is 13.5. The van der Waals surface area contributed by atoms with Crippen molar-refractivity contribution in [2.75, 3.05) is 26.2 Å². The number of piperidine rings is 2. The molecule has 0 radical (unpaired) electrons. The van der Waals surface area contributed by atoms with Gasteiger partial charge in [-0.2, -0.15) is 0 Å². The summed E-state index contributed by atoms with van der Waals surface area (Å²) in [5.41, 5.74) is 0.137. The Morgan fingerprint density at radius 1 is 1.05 bits per heavy atom. The summed E-state index contributed by atoms with van der Waals surface area (Å²) in [6.45, 7) is 6.63. The quantitative estimate of drug-likeness (QED) is 0.288. The number of carboxylic acids is 1. The number of ether oxygens (including phenoxy) is 1. The fourth-order valence-electron chi connectivity index (χ4n) is 7.24. The van der Waals surface area contributed by atoms with Gasteiger partial charge in [0.25, 0.3) is 5.56 Å². The molecule has 2 fully saturated rings. The molecule has 6 rings (SSSR count). The lowest BCUT2D eigenvalue weighted by molar-refractivity contribution is -0.160. The van der Waals surface area contributed by atoms with Crippen LogP contribution in [0.25, 0.3) is 22.3 Å². The minimum Gasteiger partial charge on any atom is -0.479 e. The minimum absolute atomic E-state index is 0.124. The number of aryl methyl sites for hydroxylation is 1. The number of nitrogens with zero attached hydrogens (tertiary/aromatic N) is 4. The van der Waals surface area contributed by atoms with Crippen molar-refractivity contribution >= 4 is 23.0 Å². The Hall–Kier alpha value is -3.80. The summed E-state index contributed by atoms with van der Waals surface area (Å²) in [5, 5.41) is 31.6. The van der Waals surface area contributed by atoms with Crippen LogP contribution in [0.1, 0.15) is 74.6 Å². The third-order valence-corrected chi connectivity index (χ3v) is 9.79. The lowest BCUT2D eigenvalue weighted by Gasteiger charge is -2.39. The molecule has 234 valence electrons. The van der Waals surface area contributed by atoms with Gasteiger partial charge in [0.15, 0.2) is 5.60 Å². The van der Waals surface area contributed by atoms with E-state index in [4.69, 9.17) is 9.72 Å². The number of benzene rings is 1. The van der Waals surface area contributed by atoms with E-state index in [0.717, 1.165) is 42.4 Å². The fourth-order valence-corrected chi connectivity index (χ4v) is 7.24. The summed E-state index contributed by atoms with van der Waals surface area (Å²) in [4.78, 5) is 47.9. The number of rotatable bonds is 7. The zero-order valence-electron chi connectivity index (χ0n) is 25.3. The molecule has 1 amide bonds. The molecule has 3 aromatic rings. The number of carbonyl (C=O) groups is 2. The fraction of sp³-hybridized carbons (Fsp3) is 0.515. The van der Waals surface area contributed by atoms with Gasteiger partial charge in [-0.1, -0.05) is 20.3 Å². The standard InChI is InChI=1S/C33H40N4O7/c1-3-22-23-16-21(44-32(42)36-14-10-20(11-15-36)35-12-6-5-7-13-35)8-9-27(23)34-29-24(22)18-37-28(29)17-26(25(19-38)30(37)39)33(43,4-2)31(40)41/h8-9,16-17,20,38,43H,3-7,10-15,18-19H2,1-2H3,(H,40,41)/t33-/m0/s1. The van der Waals surface area contributed by atoms with Crippen LogP contribution in [0.3, 0.4) is 0 Å². The second kappa shape index (κ2) is 11.9. The number of amides is 1. The molecule has 5 heterocycles. The zero-order valence-corrected chi connectivity index (χ0v) is 25.3. The first kappa shape index (κ1) is 30.2. The summed E-state index contributed by atoms with van der Waals surface area (Å²) < 4.78 is 7.31. The van der Waals surface area contributed by atoms with E-state index in [1.165, 1.54) is 36.8 Å². The van der Waals surface area contributed by atoms with Crippen molar-refractivity contribution in [3.05, 3.63) is 56.9 Å². The first-order valence-electron chi connectivity index (χ1n) is 15.7. The van der Waals surface area contributed by atoms with Gasteiger partial charge in [0, 0.05) is 41.2 Å². The third kappa shape index (κ3) is 5.06. The van der Waals surface area contributed by atoms with Gasteiger partial charge in [-0.25, -0.2) is 14.6 Å². The Morgan fingerprint density at radius 3 is 2.41 bits per heavy atom. The molecule has 1 aromatic carbocycles. The van der Waals surface area contributed by atoms with Crippen LogP contribution in [-0.2, 0) is 30.0 Å². The monoisotopic (exact) mass is 604 g/mol. The van der Waals surface area contributed by atoms with E-state index in [9.17, 15) is 29.7 Å². The van der Waals surface area contributed by atoms with Crippen LogP contribution < -0.4 is 10.3 Å². The average molecular weight is 605 g/mol. The summed E-state index contributed by atoms with van der Waals surface area (Å²) in [5.74, 6) is -1.07. The number of carbonyl (C=O) groups excluding carboxylic acids is 1. The molecule has 3 N–H and O–H groups in total. The Labute approximate surface area is 255 Å². The van der Waals surface area contributed by atoms with E-state index in [2.05, 4.69) is 4.90 Å². The Bertz CT molecular complexity index is 1670. The molecule has 11 heteroatoms. The molecule has 1 atom stereocenters. The Morgan fingerprint density at radius 2 is 1.77 bits per heavy atom. The van der Waals surface area contributed by atoms with E-state index >= 15 is 0 Å². The number of hydrogen-bond acceptors (Lipinski definition) is 8. The largest absolute Gasteiger partial charge is 0.479 e. The second-order valence-electron chi connectivity index (χ2n) is 12.1. The smallest absolute Gasteiger partial charge is 0.415 e. The number of aliphatic carboxylic acids is 1. The van der Waals surface area contributed by atoms with Crippen molar-refractivity contribution in [3.63, 3.8) is 0 Å². The van der Waals surface area contributed by atoms with Crippen LogP contribution in [-0.4, -0.2) is 79.0 Å². The van der Waals surface area contributed by atoms with E-state index in [1.54, 1.807) is 17.0 Å². The van der Waals surface area contributed by atoms with Gasteiger partial charge in [-0.3, -0.25) is 4.79 Å². The van der Waals surface area contributed by atoms with Gasteiger partial charge in [0.1, 0.15) is 5.75 Å². The highest BCUT2D eigenvalue weighted by molar-refractivity contribution is 5.90. The highest BCUT2D eigenvalue weighted by Gasteiger charge is 2.41. The molecule has 3 aliphatic rings. The lowest BCUT2D eigenvalue weighted by Crippen LogP contribution is -2.48. The summed E-state index contributed by atoms with van der Waals surface area (Å²) in [6, 6.07) is 7.31. The maximum Gasteiger partial charge on any atom is 0.415 e. The van der Waals surface area contributed by atoms with Crippen LogP contribution in [0, 0.1) is 0 Å². The van der Waals surface area contributed by atoms with Gasteiger partial charge < -0.3 is 34.4 Å². The van der Waals surface area contributed by atoms with E-state index < -0.39 is 23.7 Å². The van der Waals surface area contributed by atoms with Crippen LogP contribution in [0.5, 0.6) is 5.75 Å². The number of aromatic nitrogens is 2. The number of pyridine rings is 2. The molecular formula is C33H40N4O7. The predicted octanol–water partition coefficient (Wildman–Crippen LogP) is 3.61. The van der Waals surface area contributed by atoms with Crippen LogP contribution in [0.2, 0.25) is 0 Å². The first-order chi connectivity index (χ1) is 21.2. The summed E-state index contributed by atoms with van der Waals surface area (Å²) in [7, 11) is 0. The number of carboxylic acid groups (broad SMARTS) is 1. The third-order valence-electron chi connectivity index (χ3n) is 9.79. The molecule has 3 aliphatic heterocycles. The van der Waals surface area contributed by atoms with E-state index in [1.807, 2.05) is 13.0 Å². The number of aliphatic hydroxyl groups excluding tert-OH is 1. The van der Waals surface area contributed by atoms with Gasteiger partial charge in [-0.15, -0.1) is 0 Å². The molecule has 11 nitrogen and oxygen atoms in total. The van der Waals surface area contributed by atoms with Gasteiger partial charge >= 0.3 is 12.1 Å². The molecule has 0 saturated carbocycles. The van der Waals surface area contributed by atoms with Gasteiger partial charge in [-0.05, 0) is 81.4 Å². The van der Waals surface area contributed by atoms with Crippen molar-refractivity contribution < 1.29 is 29.6 Å². The maximum absolute atomic E-state index is 13.5. The van der Waals surface area contributed by atoms with Crippen molar-refractivity contribution in [2.45, 2.75) is 83.6 Å². The molecule has 0 aliphatic carbocycles. The molecular weight excluding hydrogens is 564 g/mol. The average Bonchev–Trinajstić information content (AvgIpc) is 3.42. The molecule has 2 aromatic heterocycles. The number of likely N-dealkylation sites (tertiary alicyclic amines) is 2.